The number of nitrogens with zero attached hydrogens (tertiary/aromatic N) is 1. The molecular weight excluding hydrogens is 337 g/mol. The van der Waals surface area contributed by atoms with Crippen molar-refractivity contribution < 1.29 is 18.0 Å². The molecule has 1 aromatic carbocycles. The van der Waals surface area contributed by atoms with E-state index in [1.165, 1.54) is 28.6 Å². The van der Waals surface area contributed by atoms with Gasteiger partial charge in [-0.15, -0.1) is 11.3 Å². The molecular formula is C17H17F3N2OS. The van der Waals surface area contributed by atoms with Crippen molar-refractivity contribution in [3.63, 3.8) is 0 Å². The molecule has 1 aliphatic rings. The number of benzene rings is 1. The van der Waals surface area contributed by atoms with E-state index >= 15 is 0 Å². The first-order valence-electron chi connectivity index (χ1n) is 7.62. The molecule has 7 heteroatoms. The third-order valence-corrected chi connectivity index (χ3v) is 5.28. The van der Waals surface area contributed by atoms with Crippen LogP contribution in [-0.2, 0) is 23.9 Å². The van der Waals surface area contributed by atoms with Gasteiger partial charge in [-0.3, -0.25) is 9.69 Å². The summed E-state index contributed by atoms with van der Waals surface area (Å²) in [5.74, 6) is -0.426. The number of para-hydroxylation sites is 1. The highest BCUT2D eigenvalue weighted by molar-refractivity contribution is 7.10. The maximum Gasteiger partial charge on any atom is 0.418 e. The molecule has 0 fully saturated rings. The molecule has 1 N–H and O–H groups in total. The quantitative estimate of drug-likeness (QED) is 0.898. The molecule has 1 aromatic heterocycles. The number of alkyl halides is 3. The summed E-state index contributed by atoms with van der Waals surface area (Å²) < 4.78 is 39.1. The smallest absolute Gasteiger partial charge is 0.324 e. The molecule has 0 radical (unpaired) electrons. The van der Waals surface area contributed by atoms with Crippen LogP contribution in [0.2, 0.25) is 0 Å². The topological polar surface area (TPSA) is 32.3 Å². The fourth-order valence-electron chi connectivity index (χ4n) is 2.84. The van der Waals surface area contributed by atoms with Crippen LogP contribution < -0.4 is 5.32 Å². The molecule has 3 nitrogen and oxygen atoms in total. The van der Waals surface area contributed by atoms with Crippen molar-refractivity contribution in [3.8, 4) is 0 Å². The number of nitrogens with one attached hydrogen (secondary N) is 1. The number of anilines is 1. The zero-order valence-electron chi connectivity index (χ0n) is 13.1. The van der Waals surface area contributed by atoms with Gasteiger partial charge in [0.15, 0.2) is 0 Å². The normalized spacial score (nSPS) is 16.5. The third kappa shape index (κ3) is 3.47. The van der Waals surface area contributed by atoms with E-state index in [2.05, 4.69) is 5.32 Å². The zero-order valence-corrected chi connectivity index (χ0v) is 13.9. The Morgan fingerprint density at radius 3 is 2.79 bits per heavy atom. The predicted molar refractivity (Wildman–Crippen MR) is 88.0 cm³/mol. The lowest BCUT2D eigenvalue weighted by molar-refractivity contribution is -0.137. The molecule has 24 heavy (non-hydrogen) atoms. The Balaban J connectivity index is 1.72. The molecule has 0 saturated heterocycles. The lowest BCUT2D eigenvalue weighted by Gasteiger charge is -2.31. The molecule has 1 atom stereocenters. The van der Waals surface area contributed by atoms with Crippen molar-refractivity contribution >= 4 is 22.9 Å². The average molecular weight is 354 g/mol. The van der Waals surface area contributed by atoms with Gasteiger partial charge in [-0.2, -0.15) is 13.2 Å². The molecule has 2 aromatic rings. The first-order valence-corrected chi connectivity index (χ1v) is 8.50. The second-order valence-corrected chi connectivity index (χ2v) is 6.80. The van der Waals surface area contributed by atoms with E-state index in [1.807, 2.05) is 16.3 Å². The number of halogens is 3. The van der Waals surface area contributed by atoms with E-state index in [0.717, 1.165) is 19.0 Å². The Morgan fingerprint density at radius 2 is 2.04 bits per heavy atom. The van der Waals surface area contributed by atoms with Crippen molar-refractivity contribution in [1.29, 1.82) is 0 Å². The number of hydrogen-bond acceptors (Lipinski definition) is 3. The maximum atomic E-state index is 13.0. The van der Waals surface area contributed by atoms with Gasteiger partial charge >= 0.3 is 6.18 Å². The largest absolute Gasteiger partial charge is 0.418 e. The first kappa shape index (κ1) is 17.0. The van der Waals surface area contributed by atoms with Crippen LogP contribution in [-0.4, -0.2) is 23.4 Å². The lowest BCUT2D eigenvalue weighted by Crippen LogP contribution is -2.44. The summed E-state index contributed by atoms with van der Waals surface area (Å²) in [6.07, 6.45) is -3.63. The molecule has 1 amide bonds. The highest BCUT2D eigenvalue weighted by atomic mass is 32.1. The highest BCUT2D eigenvalue weighted by Gasteiger charge is 2.34. The minimum atomic E-state index is -4.50. The minimum absolute atomic E-state index is 0.199. The summed E-state index contributed by atoms with van der Waals surface area (Å²) in [5, 5.41) is 4.46. The highest BCUT2D eigenvalue weighted by Crippen LogP contribution is 2.34. The fraction of sp³-hybridized carbons (Fsp3) is 0.353. The summed E-state index contributed by atoms with van der Waals surface area (Å²) in [4.78, 5) is 15.7. The number of fused-ring (bicyclic) bond motifs is 1. The van der Waals surface area contributed by atoms with Crippen LogP contribution in [0.1, 0.15) is 22.9 Å². The van der Waals surface area contributed by atoms with Crippen molar-refractivity contribution in [2.75, 3.05) is 11.9 Å². The summed E-state index contributed by atoms with van der Waals surface area (Å²) in [6, 6.07) is 6.58. The number of carbonyl (C=O) groups is 1. The molecule has 3 rings (SSSR count). The second-order valence-electron chi connectivity index (χ2n) is 5.80. The van der Waals surface area contributed by atoms with Gasteiger partial charge in [-0.05, 0) is 42.5 Å². The Labute approximate surface area is 142 Å². The molecule has 0 bridgehead atoms. The van der Waals surface area contributed by atoms with Crippen LogP contribution in [0.15, 0.2) is 35.7 Å². The summed E-state index contributed by atoms with van der Waals surface area (Å²) in [6.45, 7) is 3.10. The van der Waals surface area contributed by atoms with Crippen molar-refractivity contribution in [2.24, 2.45) is 0 Å². The van der Waals surface area contributed by atoms with Crippen LogP contribution in [0.25, 0.3) is 0 Å². The molecule has 0 spiro atoms. The summed E-state index contributed by atoms with van der Waals surface area (Å²) >= 11 is 1.70. The van der Waals surface area contributed by atoms with Crippen molar-refractivity contribution in [2.45, 2.75) is 32.1 Å². The van der Waals surface area contributed by atoms with E-state index in [-0.39, 0.29) is 5.69 Å². The number of amides is 1. The number of carbonyl (C=O) groups excluding carboxylic acids is 1. The molecule has 128 valence electrons. The van der Waals surface area contributed by atoms with E-state index in [0.29, 0.717) is 6.54 Å². The first-order chi connectivity index (χ1) is 11.4. The van der Waals surface area contributed by atoms with Gasteiger partial charge < -0.3 is 5.32 Å². The van der Waals surface area contributed by atoms with Crippen molar-refractivity contribution in [1.82, 2.24) is 4.90 Å². The van der Waals surface area contributed by atoms with Gasteiger partial charge in [-0.1, -0.05) is 12.1 Å². The van der Waals surface area contributed by atoms with Crippen molar-refractivity contribution in [3.05, 3.63) is 51.7 Å². The molecule has 1 unspecified atom stereocenters. The average Bonchev–Trinajstić information content (AvgIpc) is 3.01. The Hall–Kier alpha value is -1.86. The molecule has 0 aliphatic carbocycles. The van der Waals surface area contributed by atoms with E-state index in [1.54, 1.807) is 18.3 Å². The molecule has 0 saturated carbocycles. The monoisotopic (exact) mass is 354 g/mol. The number of thiophene rings is 1. The van der Waals surface area contributed by atoms with E-state index in [9.17, 15) is 18.0 Å². The Morgan fingerprint density at radius 1 is 1.29 bits per heavy atom. The second kappa shape index (κ2) is 6.57. The SMILES string of the molecule is CC(C(=O)Nc1ccccc1C(F)(F)F)N1CCc2sccc2C1. The van der Waals surface area contributed by atoms with E-state index in [4.69, 9.17) is 0 Å². The van der Waals surface area contributed by atoms with Crippen LogP contribution in [0.4, 0.5) is 18.9 Å². The van der Waals surface area contributed by atoms with Crippen LogP contribution in [0.5, 0.6) is 0 Å². The van der Waals surface area contributed by atoms with Gasteiger partial charge in [0.1, 0.15) is 0 Å². The number of hydrogen-bond donors (Lipinski definition) is 1. The minimum Gasteiger partial charge on any atom is -0.324 e. The lowest BCUT2D eigenvalue weighted by atomic mass is 10.1. The molecule has 2 heterocycles. The number of rotatable bonds is 3. The summed E-state index contributed by atoms with van der Waals surface area (Å²) in [7, 11) is 0. The Kier molecular flexibility index (Phi) is 4.64. The predicted octanol–water partition coefficient (Wildman–Crippen LogP) is 4.15. The van der Waals surface area contributed by atoms with Crippen LogP contribution >= 0.6 is 11.3 Å². The Bertz CT molecular complexity index is 741. The molecule has 1 aliphatic heterocycles. The fourth-order valence-corrected chi connectivity index (χ4v) is 3.73. The van der Waals surface area contributed by atoms with Gasteiger partial charge in [0.25, 0.3) is 0 Å². The summed E-state index contributed by atoms with van der Waals surface area (Å²) in [5.41, 5.74) is 0.168. The standard InChI is InChI=1S/C17H17F3N2OS/c1-11(22-8-6-15-12(10-22)7-9-24-15)16(23)21-14-5-3-2-4-13(14)17(18,19)20/h2-5,7,9,11H,6,8,10H2,1H3,(H,21,23). The van der Waals surface area contributed by atoms with Gasteiger partial charge in [0.2, 0.25) is 5.91 Å². The van der Waals surface area contributed by atoms with Crippen LogP contribution in [0.3, 0.4) is 0 Å². The van der Waals surface area contributed by atoms with Gasteiger partial charge in [-0.25, -0.2) is 0 Å². The van der Waals surface area contributed by atoms with Gasteiger partial charge in [0.05, 0.1) is 17.3 Å². The van der Waals surface area contributed by atoms with Crippen LogP contribution in [0, 0.1) is 0 Å². The third-order valence-electron chi connectivity index (χ3n) is 4.25. The van der Waals surface area contributed by atoms with E-state index < -0.39 is 23.7 Å². The van der Waals surface area contributed by atoms with Gasteiger partial charge in [0, 0.05) is 18.0 Å². The zero-order chi connectivity index (χ0) is 17.3. The maximum absolute atomic E-state index is 13.0.